The van der Waals surface area contributed by atoms with Crippen molar-refractivity contribution in [3.8, 4) is 11.4 Å². The highest BCUT2D eigenvalue weighted by Gasteiger charge is 2.44. The number of hydrogen-bond acceptors (Lipinski definition) is 5. The van der Waals surface area contributed by atoms with Gasteiger partial charge in [0.25, 0.3) is 5.91 Å². The van der Waals surface area contributed by atoms with Crippen molar-refractivity contribution in [1.29, 1.82) is 0 Å². The second-order valence-corrected chi connectivity index (χ2v) is 8.49. The average molecular weight is 470 g/mol. The highest BCUT2D eigenvalue weighted by atomic mass is 19.4. The van der Waals surface area contributed by atoms with Gasteiger partial charge in [0.15, 0.2) is 0 Å². The fourth-order valence-corrected chi connectivity index (χ4v) is 4.45. The molecule has 1 fully saturated rings. The van der Waals surface area contributed by atoms with Crippen LogP contribution < -0.4 is 4.74 Å². The molecular weight excluding hydrogens is 449 g/mol. The van der Waals surface area contributed by atoms with E-state index in [1.165, 1.54) is 23.0 Å². The Balaban J connectivity index is 1.51. The summed E-state index contributed by atoms with van der Waals surface area (Å²) in [7, 11) is 0. The van der Waals surface area contributed by atoms with Crippen molar-refractivity contribution in [2.45, 2.75) is 38.6 Å². The van der Waals surface area contributed by atoms with E-state index in [9.17, 15) is 18.0 Å². The number of halogens is 3. The van der Waals surface area contributed by atoms with Gasteiger partial charge in [-0.3, -0.25) is 4.79 Å². The van der Waals surface area contributed by atoms with Crippen LogP contribution in [0.1, 0.15) is 41.5 Å². The Hall–Kier alpha value is -3.89. The zero-order valence-electron chi connectivity index (χ0n) is 18.4. The van der Waals surface area contributed by atoms with Crippen LogP contribution in [0.15, 0.2) is 48.8 Å². The van der Waals surface area contributed by atoms with Crippen LogP contribution in [0.3, 0.4) is 0 Å². The molecule has 11 heteroatoms. The third-order valence-electron chi connectivity index (χ3n) is 6.10. The molecule has 1 atom stereocenters. The van der Waals surface area contributed by atoms with Gasteiger partial charge in [-0.2, -0.15) is 15.0 Å². The first-order valence-electron chi connectivity index (χ1n) is 10.7. The summed E-state index contributed by atoms with van der Waals surface area (Å²) in [5.74, 6) is -0.0343. The number of alkyl halides is 3. The number of imidazole rings is 1. The number of H-pyrrole nitrogens is 1. The number of likely N-dealkylation sites (tertiary alicyclic amines) is 1. The fourth-order valence-electron chi connectivity index (χ4n) is 4.45. The third kappa shape index (κ3) is 3.87. The van der Waals surface area contributed by atoms with Crippen LogP contribution in [0.5, 0.6) is 5.75 Å². The highest BCUT2D eigenvalue weighted by molar-refractivity contribution is 5.98. The number of nitrogens with zero attached hydrogens (tertiary/aromatic N) is 5. The largest absolute Gasteiger partial charge is 0.573 e. The van der Waals surface area contributed by atoms with E-state index in [4.69, 9.17) is 0 Å². The van der Waals surface area contributed by atoms with Gasteiger partial charge in [0.1, 0.15) is 11.6 Å². The lowest BCUT2D eigenvalue weighted by Crippen LogP contribution is -2.44. The van der Waals surface area contributed by atoms with Gasteiger partial charge >= 0.3 is 6.36 Å². The second-order valence-electron chi connectivity index (χ2n) is 8.49. The number of hydrogen-bond donors (Lipinski definition) is 1. The Morgan fingerprint density at radius 3 is 2.65 bits per heavy atom. The summed E-state index contributed by atoms with van der Waals surface area (Å²) in [6, 6.07) is 9.40. The van der Waals surface area contributed by atoms with Crippen molar-refractivity contribution in [2.24, 2.45) is 0 Å². The molecule has 176 valence electrons. The van der Waals surface area contributed by atoms with Crippen LogP contribution in [0, 0.1) is 6.92 Å². The van der Waals surface area contributed by atoms with Gasteiger partial charge in [0.05, 0.1) is 40.2 Å². The van der Waals surface area contributed by atoms with Crippen molar-refractivity contribution in [2.75, 3.05) is 6.54 Å². The molecular formula is C23H21F3N6O2. The number of amides is 1. The zero-order chi connectivity index (χ0) is 24.1. The van der Waals surface area contributed by atoms with Gasteiger partial charge in [0, 0.05) is 12.6 Å². The van der Waals surface area contributed by atoms with Crippen molar-refractivity contribution in [1.82, 2.24) is 29.9 Å². The summed E-state index contributed by atoms with van der Waals surface area (Å²) in [6.07, 6.45) is -0.301. The fraction of sp³-hybridized carbons (Fsp3) is 0.304. The standard InChI is InChI=1S/C23H21F3N6O2/c1-14-4-6-16(19(12-14)32-27-9-10-28-32)20(33)31-11-3-8-22(31,2)21-29-17-7-5-15(13-18(17)30-21)34-23(24,25)26/h4-7,9-10,12-13H,3,8,11H2,1-2H3,(H,29,30). The number of ether oxygens (including phenoxy) is 1. The molecule has 1 unspecified atom stereocenters. The predicted molar refractivity (Wildman–Crippen MR) is 116 cm³/mol. The number of rotatable bonds is 4. The number of carbonyl (C=O) groups excluding carboxylic acids is 1. The molecule has 5 rings (SSSR count). The molecule has 0 spiro atoms. The minimum Gasteiger partial charge on any atom is -0.406 e. The van der Waals surface area contributed by atoms with E-state index >= 15 is 0 Å². The molecule has 1 aliphatic heterocycles. The summed E-state index contributed by atoms with van der Waals surface area (Å²) < 4.78 is 41.9. The molecule has 0 saturated carbocycles. The molecule has 3 heterocycles. The number of benzene rings is 2. The van der Waals surface area contributed by atoms with Gasteiger partial charge in [-0.1, -0.05) is 6.07 Å². The molecule has 2 aromatic heterocycles. The Morgan fingerprint density at radius 1 is 1.15 bits per heavy atom. The lowest BCUT2D eigenvalue weighted by atomic mass is 9.96. The Kier molecular flexibility index (Phi) is 5.07. The summed E-state index contributed by atoms with van der Waals surface area (Å²) in [5, 5.41) is 8.36. The van der Waals surface area contributed by atoms with Crippen LogP contribution in [0.25, 0.3) is 16.7 Å². The second kappa shape index (κ2) is 7.86. The van der Waals surface area contributed by atoms with Crippen LogP contribution in [-0.2, 0) is 5.54 Å². The number of aromatic amines is 1. The number of aromatic nitrogens is 5. The maximum absolute atomic E-state index is 13.8. The predicted octanol–water partition coefficient (Wildman–Crippen LogP) is 4.50. The van der Waals surface area contributed by atoms with Crippen molar-refractivity contribution < 1.29 is 22.7 Å². The first-order chi connectivity index (χ1) is 16.1. The van der Waals surface area contributed by atoms with Crippen LogP contribution >= 0.6 is 0 Å². The van der Waals surface area contributed by atoms with E-state index in [1.807, 2.05) is 26.0 Å². The maximum atomic E-state index is 13.8. The van der Waals surface area contributed by atoms with E-state index in [0.29, 0.717) is 41.1 Å². The summed E-state index contributed by atoms with van der Waals surface area (Å²) in [4.78, 5) is 24.6. The molecule has 34 heavy (non-hydrogen) atoms. The number of fused-ring (bicyclic) bond motifs is 1. The van der Waals surface area contributed by atoms with Crippen LogP contribution in [0.4, 0.5) is 13.2 Å². The molecule has 4 aromatic rings. The minimum atomic E-state index is -4.79. The van der Waals surface area contributed by atoms with E-state index in [2.05, 4.69) is 24.9 Å². The Labute approximate surface area is 192 Å². The summed E-state index contributed by atoms with van der Waals surface area (Å²) >= 11 is 0. The highest BCUT2D eigenvalue weighted by Crippen LogP contribution is 2.40. The zero-order valence-corrected chi connectivity index (χ0v) is 18.4. The first kappa shape index (κ1) is 21.9. The SMILES string of the molecule is Cc1ccc(C(=O)N2CCCC2(C)c2nc3ccc(OC(F)(F)F)cc3[nH]2)c(-n2nccn2)c1. The molecule has 2 aromatic carbocycles. The number of carbonyl (C=O) groups is 1. The Morgan fingerprint density at radius 2 is 1.91 bits per heavy atom. The van der Waals surface area contributed by atoms with Crippen molar-refractivity contribution >= 4 is 16.9 Å². The van der Waals surface area contributed by atoms with Crippen LogP contribution in [-0.4, -0.2) is 48.7 Å². The lowest BCUT2D eigenvalue weighted by molar-refractivity contribution is -0.274. The van der Waals surface area contributed by atoms with Gasteiger partial charge in [-0.25, -0.2) is 4.98 Å². The van der Waals surface area contributed by atoms with Crippen LogP contribution in [0.2, 0.25) is 0 Å². The molecule has 0 radical (unpaired) electrons. The molecule has 8 nitrogen and oxygen atoms in total. The van der Waals surface area contributed by atoms with E-state index < -0.39 is 11.9 Å². The topological polar surface area (TPSA) is 88.9 Å². The van der Waals surface area contributed by atoms with Gasteiger partial charge in [-0.15, -0.1) is 13.2 Å². The number of aryl methyl sites for hydroxylation is 1. The van der Waals surface area contributed by atoms with Crippen molar-refractivity contribution in [3.05, 3.63) is 65.7 Å². The normalized spacial score (nSPS) is 18.6. The van der Waals surface area contributed by atoms with Gasteiger partial charge in [-0.05, 0) is 56.5 Å². The monoisotopic (exact) mass is 470 g/mol. The molecule has 1 amide bonds. The quantitative estimate of drug-likeness (QED) is 0.474. The van der Waals surface area contributed by atoms with E-state index in [0.717, 1.165) is 12.0 Å². The third-order valence-corrected chi connectivity index (χ3v) is 6.10. The molecule has 1 saturated heterocycles. The smallest absolute Gasteiger partial charge is 0.406 e. The van der Waals surface area contributed by atoms with Gasteiger partial charge < -0.3 is 14.6 Å². The molecule has 1 aliphatic rings. The molecule has 1 N–H and O–H groups in total. The van der Waals surface area contributed by atoms with Crippen molar-refractivity contribution in [3.63, 3.8) is 0 Å². The molecule has 0 aliphatic carbocycles. The Bertz CT molecular complexity index is 1370. The van der Waals surface area contributed by atoms with Gasteiger partial charge in [0.2, 0.25) is 0 Å². The first-order valence-corrected chi connectivity index (χ1v) is 10.7. The lowest BCUT2D eigenvalue weighted by Gasteiger charge is -2.34. The number of nitrogens with one attached hydrogen (secondary N) is 1. The van der Waals surface area contributed by atoms with E-state index in [-0.39, 0.29) is 11.7 Å². The maximum Gasteiger partial charge on any atom is 0.573 e. The summed E-state index contributed by atoms with van der Waals surface area (Å²) in [6.45, 7) is 4.34. The summed E-state index contributed by atoms with van der Waals surface area (Å²) in [5.41, 5.74) is 2.09. The van der Waals surface area contributed by atoms with E-state index in [1.54, 1.807) is 23.4 Å². The molecule has 0 bridgehead atoms. The average Bonchev–Trinajstić information content (AvgIpc) is 3.52. The minimum absolute atomic E-state index is 0.200.